The van der Waals surface area contributed by atoms with Gasteiger partial charge in [-0.3, -0.25) is 0 Å². The summed E-state index contributed by atoms with van der Waals surface area (Å²) in [6.07, 6.45) is 1.75. The Morgan fingerprint density at radius 3 is 2.44 bits per heavy atom. The molecule has 27 heavy (non-hydrogen) atoms. The van der Waals surface area contributed by atoms with E-state index in [9.17, 15) is 13.2 Å². The van der Waals surface area contributed by atoms with Crippen LogP contribution in [0.5, 0.6) is 11.5 Å². The van der Waals surface area contributed by atoms with Crippen LogP contribution in [-0.4, -0.2) is 17.1 Å². The molecule has 0 radical (unpaired) electrons. The van der Waals surface area contributed by atoms with E-state index in [1.54, 1.807) is 18.2 Å². The smallest absolute Gasteiger partial charge is 0.446 e. The van der Waals surface area contributed by atoms with Crippen LogP contribution in [0.25, 0.3) is 0 Å². The minimum absolute atomic E-state index is 0.0954. The number of hydrogen-bond acceptors (Lipinski definition) is 5. The zero-order valence-corrected chi connectivity index (χ0v) is 15.5. The van der Waals surface area contributed by atoms with Crippen LogP contribution in [0.1, 0.15) is 18.4 Å². The van der Waals surface area contributed by atoms with Gasteiger partial charge in [-0.05, 0) is 61.0 Å². The molecule has 9 heteroatoms. The lowest BCUT2D eigenvalue weighted by atomic mass is 10.0. The van der Waals surface area contributed by atoms with Gasteiger partial charge in [-0.1, -0.05) is 17.7 Å². The van der Waals surface area contributed by atoms with E-state index in [-0.39, 0.29) is 16.7 Å². The Balaban J connectivity index is 1.70. The van der Waals surface area contributed by atoms with E-state index in [0.717, 1.165) is 11.3 Å². The average Bonchev–Trinajstić information content (AvgIpc) is 3.00. The maximum atomic E-state index is 12.4. The zero-order chi connectivity index (χ0) is 19.4. The number of nitrogens with two attached hydrogens (primary N) is 1. The van der Waals surface area contributed by atoms with Crippen molar-refractivity contribution in [3.63, 3.8) is 0 Å². The summed E-state index contributed by atoms with van der Waals surface area (Å²) in [6.45, 7) is 0. The van der Waals surface area contributed by atoms with Crippen LogP contribution >= 0.6 is 23.4 Å². The molecule has 0 saturated heterocycles. The summed E-state index contributed by atoms with van der Waals surface area (Å²) in [4.78, 5) is 0.0954. The molecule has 0 saturated carbocycles. The fourth-order valence-electron chi connectivity index (χ4n) is 2.54. The molecule has 0 unspecified atom stereocenters. The summed E-state index contributed by atoms with van der Waals surface area (Å²) in [7, 11) is 0. The molecule has 0 aliphatic carbocycles. The summed E-state index contributed by atoms with van der Waals surface area (Å²) >= 11 is 6.14. The van der Waals surface area contributed by atoms with Crippen LogP contribution in [0.3, 0.4) is 0 Å². The van der Waals surface area contributed by atoms with Crippen LogP contribution in [0.4, 0.5) is 13.2 Å². The Kier molecular flexibility index (Phi) is 5.96. The summed E-state index contributed by atoms with van der Waals surface area (Å²) in [5, 5.41) is 8.37. The number of amidine groups is 1. The zero-order valence-electron chi connectivity index (χ0n) is 14.0. The predicted molar refractivity (Wildman–Crippen MR) is 102 cm³/mol. The molecule has 0 amide bonds. The van der Waals surface area contributed by atoms with Crippen molar-refractivity contribution in [3.05, 3.63) is 53.1 Å². The van der Waals surface area contributed by atoms with E-state index < -0.39 is 5.51 Å². The van der Waals surface area contributed by atoms with Crippen molar-refractivity contribution in [2.45, 2.75) is 29.7 Å². The molecule has 1 heterocycles. The van der Waals surface area contributed by atoms with Crippen molar-refractivity contribution >= 4 is 34.9 Å². The van der Waals surface area contributed by atoms with Crippen LogP contribution in [0.15, 0.2) is 57.6 Å². The monoisotopic (exact) mass is 413 g/mol. The first-order valence-corrected chi connectivity index (χ1v) is 9.18. The maximum absolute atomic E-state index is 12.4. The molecule has 0 atom stereocenters. The molecule has 2 aromatic carbocycles. The van der Waals surface area contributed by atoms with Gasteiger partial charge in [-0.2, -0.15) is 18.3 Å². The van der Waals surface area contributed by atoms with Gasteiger partial charge < -0.3 is 10.5 Å². The third-order valence-electron chi connectivity index (χ3n) is 3.73. The van der Waals surface area contributed by atoms with Crippen LogP contribution < -0.4 is 10.5 Å². The van der Waals surface area contributed by atoms with E-state index in [4.69, 9.17) is 22.1 Å². The van der Waals surface area contributed by atoms with Gasteiger partial charge in [0.2, 0.25) is 0 Å². The first-order chi connectivity index (χ1) is 12.8. The normalized spacial score (nSPS) is 14.1. The third-order valence-corrected chi connectivity index (χ3v) is 4.82. The average molecular weight is 414 g/mol. The summed E-state index contributed by atoms with van der Waals surface area (Å²) in [6, 6.07) is 11.0. The van der Waals surface area contributed by atoms with E-state index in [2.05, 4.69) is 10.2 Å². The minimum atomic E-state index is -4.32. The molecule has 1 aliphatic heterocycles. The largest absolute Gasteiger partial charge is 0.457 e. The van der Waals surface area contributed by atoms with Crippen molar-refractivity contribution in [1.29, 1.82) is 0 Å². The van der Waals surface area contributed by atoms with Crippen LogP contribution in [0.2, 0.25) is 5.02 Å². The van der Waals surface area contributed by atoms with Crippen molar-refractivity contribution in [3.8, 4) is 11.5 Å². The van der Waals surface area contributed by atoms with Crippen molar-refractivity contribution in [2.24, 2.45) is 15.9 Å². The summed E-state index contributed by atoms with van der Waals surface area (Å²) in [5.41, 5.74) is 2.96. The SMILES string of the molecule is NC1=NN=C(CCc2c(Cl)cccc2Oc2ccc(SC(F)(F)F)cc2)C1. The molecule has 142 valence electrons. The lowest BCUT2D eigenvalue weighted by molar-refractivity contribution is -0.0328. The van der Waals surface area contributed by atoms with Crippen LogP contribution in [0, 0.1) is 0 Å². The Morgan fingerprint density at radius 1 is 1.07 bits per heavy atom. The quantitative estimate of drug-likeness (QED) is 0.609. The first kappa shape index (κ1) is 19.6. The molecule has 0 spiro atoms. The van der Waals surface area contributed by atoms with Gasteiger partial charge in [-0.15, -0.1) is 5.10 Å². The lowest BCUT2D eigenvalue weighted by Crippen LogP contribution is -2.12. The number of hydrogen-bond donors (Lipinski definition) is 1. The molecular formula is C18H15ClF3N3OS. The second kappa shape index (κ2) is 8.22. The fraction of sp³-hybridized carbons (Fsp3) is 0.222. The number of ether oxygens (including phenoxy) is 1. The second-order valence-corrected chi connectivity index (χ2v) is 7.32. The topological polar surface area (TPSA) is 60.0 Å². The fourth-order valence-corrected chi connectivity index (χ4v) is 3.34. The molecule has 2 N–H and O–H groups in total. The van der Waals surface area contributed by atoms with Gasteiger partial charge in [-0.25, -0.2) is 0 Å². The van der Waals surface area contributed by atoms with Crippen molar-refractivity contribution < 1.29 is 17.9 Å². The molecule has 2 aromatic rings. The number of rotatable bonds is 6. The van der Waals surface area contributed by atoms with Gasteiger partial charge in [0.05, 0.1) is 0 Å². The molecule has 0 bridgehead atoms. The Hall–Kier alpha value is -2.19. The standard InChI is InChI=1S/C18H15ClF3N3OS/c19-15-2-1-3-16(14(15)9-4-11-10-17(23)25-24-11)26-12-5-7-13(8-6-12)27-18(20,21)22/h1-3,5-8H,4,9-10H2,(H2,23,25). The second-order valence-electron chi connectivity index (χ2n) is 5.77. The highest BCUT2D eigenvalue weighted by atomic mass is 35.5. The first-order valence-electron chi connectivity index (χ1n) is 7.99. The summed E-state index contributed by atoms with van der Waals surface area (Å²) in [5.74, 6) is 1.46. The number of nitrogens with zero attached hydrogens (tertiary/aromatic N) is 2. The Morgan fingerprint density at radius 2 is 1.81 bits per heavy atom. The highest BCUT2D eigenvalue weighted by molar-refractivity contribution is 8.00. The van der Waals surface area contributed by atoms with E-state index in [1.807, 2.05) is 0 Å². The number of alkyl halides is 3. The Labute approximate surface area is 163 Å². The molecule has 0 aromatic heterocycles. The van der Waals surface area contributed by atoms with Crippen molar-refractivity contribution in [2.75, 3.05) is 0 Å². The predicted octanol–water partition coefficient (Wildman–Crippen LogP) is 5.79. The molecule has 1 aliphatic rings. The molecule has 0 fully saturated rings. The molecular weight excluding hydrogens is 399 g/mol. The van der Waals surface area contributed by atoms with E-state index >= 15 is 0 Å². The number of benzene rings is 2. The lowest BCUT2D eigenvalue weighted by Gasteiger charge is -2.13. The summed E-state index contributed by atoms with van der Waals surface area (Å²) < 4.78 is 43.1. The van der Waals surface area contributed by atoms with E-state index in [0.29, 0.717) is 41.6 Å². The third kappa shape index (κ3) is 5.64. The Bertz CT molecular complexity index is 882. The van der Waals surface area contributed by atoms with E-state index in [1.165, 1.54) is 24.3 Å². The minimum Gasteiger partial charge on any atom is -0.457 e. The maximum Gasteiger partial charge on any atom is 0.446 e. The highest BCUT2D eigenvalue weighted by Crippen LogP contribution is 2.38. The van der Waals surface area contributed by atoms with Gasteiger partial charge in [0, 0.05) is 27.6 Å². The van der Waals surface area contributed by atoms with Crippen LogP contribution in [-0.2, 0) is 6.42 Å². The molecule has 4 nitrogen and oxygen atoms in total. The highest BCUT2D eigenvalue weighted by Gasteiger charge is 2.29. The molecule has 3 rings (SSSR count). The van der Waals surface area contributed by atoms with Gasteiger partial charge in [0.1, 0.15) is 17.3 Å². The van der Waals surface area contributed by atoms with Gasteiger partial charge in [0.25, 0.3) is 0 Å². The van der Waals surface area contributed by atoms with Crippen molar-refractivity contribution in [1.82, 2.24) is 0 Å². The number of halogens is 4. The van der Waals surface area contributed by atoms with Gasteiger partial charge >= 0.3 is 5.51 Å². The van der Waals surface area contributed by atoms with Gasteiger partial charge in [0.15, 0.2) is 0 Å². The number of thioether (sulfide) groups is 1.